The Bertz CT molecular complexity index is 523. The first kappa shape index (κ1) is 15.5. The SMILES string of the molecule is Cc1nc(C(C)(C)C)oc1CC(=O)N1CCN(C=O)CC1. The van der Waals surface area contributed by atoms with E-state index in [1.54, 1.807) is 9.80 Å². The summed E-state index contributed by atoms with van der Waals surface area (Å²) < 4.78 is 5.76. The fourth-order valence-electron chi connectivity index (χ4n) is 2.24. The van der Waals surface area contributed by atoms with Gasteiger partial charge in [-0.1, -0.05) is 20.8 Å². The number of rotatable bonds is 3. The molecule has 0 atom stereocenters. The molecule has 0 unspecified atom stereocenters. The van der Waals surface area contributed by atoms with Crippen LogP contribution in [-0.2, 0) is 21.4 Å². The van der Waals surface area contributed by atoms with Crippen LogP contribution in [0.5, 0.6) is 0 Å². The Labute approximate surface area is 125 Å². The van der Waals surface area contributed by atoms with E-state index in [1.807, 2.05) is 27.7 Å². The second-order valence-electron chi connectivity index (χ2n) is 6.48. The van der Waals surface area contributed by atoms with Crippen molar-refractivity contribution in [2.24, 2.45) is 0 Å². The van der Waals surface area contributed by atoms with Crippen molar-refractivity contribution < 1.29 is 14.0 Å². The molecule has 2 heterocycles. The lowest BCUT2D eigenvalue weighted by Crippen LogP contribution is -2.48. The zero-order chi connectivity index (χ0) is 15.6. The number of hydrogen-bond donors (Lipinski definition) is 0. The summed E-state index contributed by atoms with van der Waals surface area (Å²) in [7, 11) is 0. The zero-order valence-corrected chi connectivity index (χ0v) is 13.2. The van der Waals surface area contributed by atoms with Gasteiger partial charge in [-0.2, -0.15) is 0 Å². The Morgan fingerprint density at radius 2 is 1.90 bits per heavy atom. The molecule has 0 spiro atoms. The van der Waals surface area contributed by atoms with Gasteiger partial charge in [0.2, 0.25) is 12.3 Å². The normalized spacial score (nSPS) is 16.2. The van der Waals surface area contributed by atoms with Gasteiger partial charge in [0.1, 0.15) is 5.76 Å². The predicted molar refractivity (Wildman–Crippen MR) is 77.9 cm³/mol. The van der Waals surface area contributed by atoms with Gasteiger partial charge >= 0.3 is 0 Å². The van der Waals surface area contributed by atoms with Gasteiger partial charge in [-0.05, 0) is 6.92 Å². The van der Waals surface area contributed by atoms with Crippen LogP contribution in [0.2, 0.25) is 0 Å². The van der Waals surface area contributed by atoms with Crippen molar-refractivity contribution in [1.82, 2.24) is 14.8 Å². The van der Waals surface area contributed by atoms with Crippen molar-refractivity contribution in [2.45, 2.75) is 39.5 Å². The molecule has 0 aromatic carbocycles. The molecule has 116 valence electrons. The minimum Gasteiger partial charge on any atom is -0.444 e. The van der Waals surface area contributed by atoms with Gasteiger partial charge in [0.05, 0.1) is 12.1 Å². The molecule has 0 bridgehead atoms. The topological polar surface area (TPSA) is 66.7 Å². The molecule has 1 aliphatic rings. The van der Waals surface area contributed by atoms with Crippen LogP contribution in [0.4, 0.5) is 0 Å². The molecule has 2 rings (SSSR count). The Morgan fingerprint density at radius 3 is 2.38 bits per heavy atom. The number of piperazine rings is 1. The molecule has 0 N–H and O–H groups in total. The minimum atomic E-state index is -0.165. The Morgan fingerprint density at radius 1 is 1.29 bits per heavy atom. The van der Waals surface area contributed by atoms with E-state index in [-0.39, 0.29) is 17.7 Å². The first-order chi connectivity index (χ1) is 9.81. The molecule has 6 nitrogen and oxygen atoms in total. The van der Waals surface area contributed by atoms with Gasteiger partial charge in [0.15, 0.2) is 5.89 Å². The van der Waals surface area contributed by atoms with Crippen molar-refractivity contribution in [3.05, 3.63) is 17.3 Å². The third-order valence-corrected chi connectivity index (χ3v) is 3.66. The minimum absolute atomic E-state index is 0.0280. The van der Waals surface area contributed by atoms with E-state index in [0.717, 1.165) is 12.1 Å². The number of nitrogens with zero attached hydrogens (tertiary/aromatic N) is 3. The Balaban J connectivity index is 2.00. The molecule has 6 heteroatoms. The van der Waals surface area contributed by atoms with Crippen LogP contribution in [0, 0.1) is 6.92 Å². The number of carbonyl (C=O) groups is 2. The molecule has 1 aromatic rings. The van der Waals surface area contributed by atoms with Crippen LogP contribution in [0.1, 0.15) is 38.1 Å². The van der Waals surface area contributed by atoms with Crippen LogP contribution in [-0.4, -0.2) is 53.3 Å². The van der Waals surface area contributed by atoms with Crippen LogP contribution >= 0.6 is 0 Å². The highest BCUT2D eigenvalue weighted by Gasteiger charge is 2.25. The van der Waals surface area contributed by atoms with E-state index in [9.17, 15) is 9.59 Å². The molecule has 1 fully saturated rings. The summed E-state index contributed by atoms with van der Waals surface area (Å²) in [5, 5.41) is 0. The predicted octanol–water partition coefficient (Wildman–Crippen LogP) is 1.12. The van der Waals surface area contributed by atoms with Crippen molar-refractivity contribution in [2.75, 3.05) is 26.2 Å². The van der Waals surface area contributed by atoms with Crippen LogP contribution in [0.3, 0.4) is 0 Å². The van der Waals surface area contributed by atoms with Crippen molar-refractivity contribution >= 4 is 12.3 Å². The summed E-state index contributed by atoms with van der Waals surface area (Å²) in [4.78, 5) is 30.8. The van der Waals surface area contributed by atoms with Crippen LogP contribution in [0.15, 0.2) is 4.42 Å². The monoisotopic (exact) mass is 293 g/mol. The molecule has 21 heavy (non-hydrogen) atoms. The van der Waals surface area contributed by atoms with E-state index in [1.165, 1.54) is 0 Å². The molecule has 2 amide bonds. The maximum absolute atomic E-state index is 12.3. The van der Waals surface area contributed by atoms with Gasteiger partial charge in [-0.3, -0.25) is 9.59 Å². The molecule has 0 radical (unpaired) electrons. The number of aromatic nitrogens is 1. The summed E-state index contributed by atoms with van der Waals surface area (Å²) in [6, 6.07) is 0. The van der Waals surface area contributed by atoms with Crippen LogP contribution < -0.4 is 0 Å². The summed E-state index contributed by atoms with van der Waals surface area (Å²) in [6.45, 7) is 10.3. The molecule has 1 aromatic heterocycles. The van der Waals surface area contributed by atoms with Crippen LogP contribution in [0.25, 0.3) is 0 Å². The summed E-state index contributed by atoms with van der Waals surface area (Å²) in [5.41, 5.74) is 0.613. The van der Waals surface area contributed by atoms with E-state index >= 15 is 0 Å². The highest BCUT2D eigenvalue weighted by molar-refractivity contribution is 5.78. The second kappa shape index (κ2) is 5.87. The van der Waals surface area contributed by atoms with E-state index in [0.29, 0.717) is 37.8 Å². The quantitative estimate of drug-likeness (QED) is 0.783. The summed E-state index contributed by atoms with van der Waals surface area (Å²) in [5.74, 6) is 1.33. The van der Waals surface area contributed by atoms with Crippen molar-refractivity contribution in [1.29, 1.82) is 0 Å². The third-order valence-electron chi connectivity index (χ3n) is 3.66. The molecule has 0 aliphatic carbocycles. The highest BCUT2D eigenvalue weighted by Crippen LogP contribution is 2.24. The van der Waals surface area contributed by atoms with Gasteiger partial charge in [0, 0.05) is 31.6 Å². The smallest absolute Gasteiger partial charge is 0.230 e. The molecule has 0 saturated carbocycles. The molecule has 1 saturated heterocycles. The Hall–Kier alpha value is -1.85. The fraction of sp³-hybridized carbons (Fsp3) is 0.667. The maximum atomic E-state index is 12.3. The highest BCUT2D eigenvalue weighted by atomic mass is 16.4. The molecule has 1 aliphatic heterocycles. The van der Waals surface area contributed by atoms with Gasteiger partial charge in [-0.25, -0.2) is 4.98 Å². The summed E-state index contributed by atoms with van der Waals surface area (Å²) in [6.07, 6.45) is 1.06. The lowest BCUT2D eigenvalue weighted by atomic mass is 9.97. The average Bonchev–Trinajstić information content (AvgIpc) is 2.80. The summed E-state index contributed by atoms with van der Waals surface area (Å²) >= 11 is 0. The number of oxazole rings is 1. The van der Waals surface area contributed by atoms with E-state index < -0.39 is 0 Å². The number of hydrogen-bond acceptors (Lipinski definition) is 4. The van der Waals surface area contributed by atoms with E-state index in [4.69, 9.17) is 4.42 Å². The second-order valence-corrected chi connectivity index (χ2v) is 6.48. The molecular weight excluding hydrogens is 270 g/mol. The van der Waals surface area contributed by atoms with Crippen molar-refractivity contribution in [3.8, 4) is 0 Å². The van der Waals surface area contributed by atoms with Gasteiger partial charge < -0.3 is 14.2 Å². The molecular formula is C15H23N3O3. The first-order valence-electron chi connectivity index (χ1n) is 7.25. The standard InChI is InChI=1S/C15H23N3O3/c1-11-12(21-14(16-11)15(2,3)4)9-13(20)18-7-5-17(10-19)6-8-18/h10H,5-9H2,1-4H3. The maximum Gasteiger partial charge on any atom is 0.230 e. The third kappa shape index (κ3) is 3.62. The number of aryl methyl sites for hydroxylation is 1. The zero-order valence-electron chi connectivity index (χ0n) is 13.2. The van der Waals surface area contributed by atoms with Gasteiger partial charge in [0.25, 0.3) is 0 Å². The average molecular weight is 293 g/mol. The first-order valence-corrected chi connectivity index (χ1v) is 7.25. The fourth-order valence-corrected chi connectivity index (χ4v) is 2.24. The lowest BCUT2D eigenvalue weighted by molar-refractivity contribution is -0.134. The largest absolute Gasteiger partial charge is 0.444 e. The van der Waals surface area contributed by atoms with Crippen molar-refractivity contribution in [3.63, 3.8) is 0 Å². The lowest BCUT2D eigenvalue weighted by Gasteiger charge is -2.32. The Kier molecular flexibility index (Phi) is 4.34. The van der Waals surface area contributed by atoms with E-state index in [2.05, 4.69) is 4.98 Å². The van der Waals surface area contributed by atoms with Gasteiger partial charge in [-0.15, -0.1) is 0 Å². The number of amides is 2. The number of carbonyl (C=O) groups excluding carboxylic acids is 2.